The van der Waals surface area contributed by atoms with Gasteiger partial charge in [-0.05, 0) is 74.2 Å². The van der Waals surface area contributed by atoms with Crippen LogP contribution in [0.3, 0.4) is 0 Å². The van der Waals surface area contributed by atoms with Gasteiger partial charge in [-0.25, -0.2) is 0 Å². The van der Waals surface area contributed by atoms with E-state index in [4.69, 9.17) is 4.74 Å². The largest absolute Gasteiger partial charge is 0.501 e. The third-order valence-corrected chi connectivity index (χ3v) is 8.79. The molecule has 0 heterocycles. The van der Waals surface area contributed by atoms with Gasteiger partial charge in [-0.2, -0.15) is 0 Å². The van der Waals surface area contributed by atoms with Gasteiger partial charge >= 0.3 is 0 Å². The van der Waals surface area contributed by atoms with E-state index in [0.29, 0.717) is 30.0 Å². The Balaban J connectivity index is 0.000000739. The highest BCUT2D eigenvalue weighted by Crippen LogP contribution is 2.67. The van der Waals surface area contributed by atoms with Crippen molar-refractivity contribution in [1.29, 1.82) is 0 Å². The van der Waals surface area contributed by atoms with Gasteiger partial charge in [-0.15, -0.1) is 45.1 Å². The van der Waals surface area contributed by atoms with E-state index >= 15 is 0 Å². The molecule has 0 amide bonds. The van der Waals surface area contributed by atoms with Crippen LogP contribution in [0.4, 0.5) is 0 Å². The summed E-state index contributed by atoms with van der Waals surface area (Å²) in [6.45, 7) is 8.74. The van der Waals surface area contributed by atoms with E-state index in [1.54, 1.807) is 7.11 Å². The molecule has 0 saturated heterocycles. The maximum atomic E-state index is 13.5. The Morgan fingerprint density at radius 3 is 2.29 bits per heavy atom. The summed E-state index contributed by atoms with van der Waals surface area (Å²) in [5.41, 5.74) is 1.49. The van der Waals surface area contributed by atoms with Crippen molar-refractivity contribution in [2.24, 2.45) is 34.5 Å². The number of Topliss-reactive ketones (excluding diaryl/α,β-unsaturated/α-hetero) is 1. The molecule has 0 aliphatic heterocycles. The van der Waals surface area contributed by atoms with Crippen LogP contribution in [-0.2, 0) is 9.53 Å². The number of rotatable bonds is 2. The molecule has 4 aliphatic carbocycles. The molecule has 2 nitrogen and oxygen atoms in total. The molecule has 0 aromatic heterocycles. The molecule has 0 aromatic carbocycles. The highest BCUT2D eigenvalue weighted by molar-refractivity contribution is 5.85. The van der Waals surface area contributed by atoms with Crippen molar-refractivity contribution in [3.63, 3.8) is 0 Å². The van der Waals surface area contributed by atoms with Crippen LogP contribution >= 0.6 is 0 Å². The molecule has 168 valence electrons. The van der Waals surface area contributed by atoms with Crippen LogP contribution in [0.1, 0.15) is 71.6 Å². The SMILES string of the molecule is C#C.C#C.C#C.C=CC12CC(=O)C3C(CCC4CCCCC43C)C1CC/C2=C(\C)OC. The minimum absolute atomic E-state index is 0.129. The number of ketones is 1. The molecule has 0 spiro atoms. The van der Waals surface area contributed by atoms with E-state index in [1.165, 1.54) is 50.5 Å². The third kappa shape index (κ3) is 4.21. The molecule has 2 heteroatoms. The molecule has 0 radical (unpaired) electrons. The number of methoxy groups -OCH3 is 1. The number of fused-ring (bicyclic) bond motifs is 5. The van der Waals surface area contributed by atoms with Crippen LogP contribution in [0.15, 0.2) is 24.0 Å². The lowest BCUT2D eigenvalue weighted by atomic mass is 9.44. The number of carbonyl (C=O) groups is 1. The van der Waals surface area contributed by atoms with Gasteiger partial charge in [0.15, 0.2) is 0 Å². The van der Waals surface area contributed by atoms with Crippen molar-refractivity contribution in [1.82, 2.24) is 0 Å². The van der Waals surface area contributed by atoms with Gasteiger partial charge in [0.1, 0.15) is 5.78 Å². The summed E-state index contributed by atoms with van der Waals surface area (Å²) < 4.78 is 5.61. The fourth-order valence-electron chi connectivity index (χ4n) is 7.62. The third-order valence-electron chi connectivity index (χ3n) is 8.79. The summed E-state index contributed by atoms with van der Waals surface area (Å²) in [6, 6.07) is 0. The van der Waals surface area contributed by atoms with Crippen molar-refractivity contribution >= 4 is 5.78 Å². The average molecular weight is 421 g/mol. The number of carbonyl (C=O) groups excluding carboxylic acids is 1. The first-order chi connectivity index (χ1) is 15.0. The number of ether oxygens (including phenoxy) is 1. The molecule has 4 aliphatic rings. The first-order valence-electron chi connectivity index (χ1n) is 11.4. The number of terminal acetylenes is 3. The number of hydrogen-bond acceptors (Lipinski definition) is 2. The molecule has 0 N–H and O–H groups in total. The maximum absolute atomic E-state index is 13.5. The summed E-state index contributed by atoms with van der Waals surface area (Å²) in [7, 11) is 1.76. The summed E-state index contributed by atoms with van der Waals surface area (Å²) in [6.07, 6.45) is 36.9. The Kier molecular flexibility index (Phi) is 9.72. The summed E-state index contributed by atoms with van der Waals surface area (Å²) in [4.78, 5) is 13.5. The Labute approximate surface area is 191 Å². The van der Waals surface area contributed by atoms with E-state index in [0.717, 1.165) is 18.1 Å². The fraction of sp³-hybridized carbons (Fsp3) is 0.621. The van der Waals surface area contributed by atoms with Crippen molar-refractivity contribution in [3.05, 3.63) is 24.0 Å². The van der Waals surface area contributed by atoms with Gasteiger partial charge in [0.05, 0.1) is 12.9 Å². The minimum atomic E-state index is -0.129. The zero-order valence-corrected chi connectivity index (χ0v) is 19.7. The van der Waals surface area contributed by atoms with Crippen molar-refractivity contribution in [2.45, 2.75) is 71.6 Å². The van der Waals surface area contributed by atoms with Crippen molar-refractivity contribution in [2.75, 3.05) is 7.11 Å². The molecule has 4 fully saturated rings. The van der Waals surface area contributed by atoms with Crippen LogP contribution in [0.25, 0.3) is 0 Å². The van der Waals surface area contributed by atoms with Gasteiger partial charge in [0.25, 0.3) is 0 Å². The zero-order valence-electron chi connectivity index (χ0n) is 19.7. The fourth-order valence-corrected chi connectivity index (χ4v) is 7.62. The Morgan fingerprint density at radius 2 is 1.71 bits per heavy atom. The summed E-state index contributed by atoms with van der Waals surface area (Å²) in [5.74, 6) is 3.77. The smallest absolute Gasteiger partial charge is 0.138 e. The molecule has 4 rings (SSSR count). The maximum Gasteiger partial charge on any atom is 0.138 e. The van der Waals surface area contributed by atoms with Crippen molar-refractivity contribution in [3.8, 4) is 38.5 Å². The van der Waals surface area contributed by atoms with Crippen LogP contribution in [0.5, 0.6) is 0 Å². The highest BCUT2D eigenvalue weighted by Gasteiger charge is 2.62. The first-order valence-corrected chi connectivity index (χ1v) is 11.4. The number of hydrogen-bond donors (Lipinski definition) is 0. The van der Waals surface area contributed by atoms with Crippen LogP contribution in [0.2, 0.25) is 0 Å². The Hall–Kier alpha value is -2.37. The van der Waals surface area contributed by atoms with E-state index in [1.807, 2.05) is 0 Å². The monoisotopic (exact) mass is 420 g/mol. The van der Waals surface area contributed by atoms with Gasteiger partial charge in [-0.1, -0.05) is 25.8 Å². The van der Waals surface area contributed by atoms with Gasteiger partial charge in [-0.3, -0.25) is 4.79 Å². The van der Waals surface area contributed by atoms with Crippen LogP contribution in [0, 0.1) is 73.0 Å². The second-order valence-electron chi connectivity index (χ2n) is 9.44. The molecular formula is C29H40O2. The number of allylic oxidation sites excluding steroid dienone is 3. The predicted octanol–water partition coefficient (Wildman–Crippen LogP) is 6.43. The second kappa shape index (κ2) is 11.3. The molecule has 6 atom stereocenters. The summed E-state index contributed by atoms with van der Waals surface area (Å²) >= 11 is 0. The average Bonchev–Trinajstić information content (AvgIpc) is 3.21. The van der Waals surface area contributed by atoms with Gasteiger partial charge in [0.2, 0.25) is 0 Å². The molecule has 4 saturated carbocycles. The molecular weight excluding hydrogens is 380 g/mol. The van der Waals surface area contributed by atoms with E-state index in [2.05, 4.69) is 65.0 Å². The normalized spacial score (nSPS) is 39.1. The zero-order chi connectivity index (χ0) is 23.8. The van der Waals surface area contributed by atoms with Gasteiger partial charge in [0, 0.05) is 17.8 Å². The van der Waals surface area contributed by atoms with E-state index in [-0.39, 0.29) is 10.8 Å². The quantitative estimate of drug-likeness (QED) is 0.292. The van der Waals surface area contributed by atoms with Crippen LogP contribution < -0.4 is 0 Å². The highest BCUT2D eigenvalue weighted by atomic mass is 16.5. The molecule has 0 bridgehead atoms. The first kappa shape index (κ1) is 26.7. The van der Waals surface area contributed by atoms with Crippen LogP contribution in [-0.4, -0.2) is 12.9 Å². The van der Waals surface area contributed by atoms with Gasteiger partial charge < -0.3 is 4.74 Å². The lowest BCUT2D eigenvalue weighted by Gasteiger charge is -2.59. The lowest BCUT2D eigenvalue weighted by molar-refractivity contribution is -0.151. The Bertz CT molecular complexity index is 721. The molecule has 6 unspecified atom stereocenters. The lowest BCUT2D eigenvalue weighted by Crippen LogP contribution is -2.56. The molecule has 0 aromatic rings. The topological polar surface area (TPSA) is 26.3 Å². The van der Waals surface area contributed by atoms with Crippen molar-refractivity contribution < 1.29 is 9.53 Å². The Morgan fingerprint density at radius 1 is 1.06 bits per heavy atom. The second-order valence-corrected chi connectivity index (χ2v) is 9.44. The molecule has 31 heavy (non-hydrogen) atoms. The van der Waals surface area contributed by atoms with E-state index in [9.17, 15) is 4.79 Å². The van der Waals surface area contributed by atoms with E-state index < -0.39 is 0 Å². The minimum Gasteiger partial charge on any atom is -0.501 e. The summed E-state index contributed by atoms with van der Waals surface area (Å²) in [5, 5.41) is 0. The standard InChI is InChI=1S/C23H34O2.3C2H2/c1-5-23-14-20(24)21-17(19(23)12-11-18(23)15(2)25-4)10-9-16-8-6-7-13-22(16,21)3;3*1-2/h5,16-17,19,21H,1,6-14H2,2-4H3;3*1-2H/b18-15-;;;. The predicted molar refractivity (Wildman–Crippen MR) is 131 cm³/mol.